The molecule has 0 heterocycles. The summed E-state index contributed by atoms with van der Waals surface area (Å²) in [6.45, 7) is 4.14. The molecule has 21 heavy (non-hydrogen) atoms. The maximum atomic E-state index is 12.5. The van der Waals surface area contributed by atoms with E-state index in [0.29, 0.717) is 24.1 Å². The minimum atomic E-state index is -1.08. The molecule has 1 amide bonds. The Morgan fingerprint density at radius 1 is 1.05 bits per heavy atom. The van der Waals surface area contributed by atoms with Crippen LogP contribution in [0.2, 0.25) is 0 Å². The van der Waals surface area contributed by atoms with Gasteiger partial charge in [-0.15, -0.1) is 0 Å². The molecule has 0 fully saturated rings. The molecule has 5 nitrogen and oxygen atoms in total. The van der Waals surface area contributed by atoms with Crippen LogP contribution in [0.3, 0.4) is 0 Å². The van der Waals surface area contributed by atoms with Crippen molar-refractivity contribution in [2.75, 3.05) is 20.2 Å². The van der Waals surface area contributed by atoms with Crippen LogP contribution in [0, 0.1) is 13.8 Å². The Bertz CT molecular complexity index is 525. The Hall–Kier alpha value is -1.88. The van der Waals surface area contributed by atoms with Gasteiger partial charge in [0.25, 0.3) is 5.91 Å². The molecule has 0 unspecified atom stereocenters. The summed E-state index contributed by atoms with van der Waals surface area (Å²) in [5, 5.41) is 18.1. The number of aliphatic hydroxyl groups is 1. The highest BCUT2D eigenvalue weighted by atomic mass is 16.4. The fraction of sp³-hybridized carbons (Fsp3) is 0.500. The lowest BCUT2D eigenvalue weighted by Gasteiger charge is -2.20. The van der Waals surface area contributed by atoms with Crippen molar-refractivity contribution < 1.29 is 19.8 Å². The summed E-state index contributed by atoms with van der Waals surface area (Å²) in [6.07, 6.45) is 2.34. The molecular formula is C16H23NO4. The second kappa shape index (κ2) is 7.78. The van der Waals surface area contributed by atoms with Crippen LogP contribution < -0.4 is 0 Å². The van der Waals surface area contributed by atoms with Crippen molar-refractivity contribution in [1.82, 2.24) is 4.90 Å². The van der Waals surface area contributed by atoms with Crippen molar-refractivity contribution in [2.45, 2.75) is 33.1 Å². The third-order valence-electron chi connectivity index (χ3n) is 3.55. The summed E-state index contributed by atoms with van der Waals surface area (Å²) < 4.78 is 0. The minimum absolute atomic E-state index is 0.0854. The zero-order valence-electron chi connectivity index (χ0n) is 12.8. The van der Waals surface area contributed by atoms with E-state index < -0.39 is 5.97 Å². The number of nitrogens with zero attached hydrogens (tertiary/aromatic N) is 1. The average Bonchev–Trinajstić information content (AvgIpc) is 2.44. The highest BCUT2D eigenvalue weighted by Gasteiger charge is 2.23. The lowest BCUT2D eigenvalue weighted by atomic mass is 9.96. The van der Waals surface area contributed by atoms with Gasteiger partial charge in [-0.25, -0.2) is 4.79 Å². The molecule has 5 heteroatoms. The van der Waals surface area contributed by atoms with Crippen LogP contribution in [0.15, 0.2) is 12.1 Å². The van der Waals surface area contributed by atoms with Gasteiger partial charge in [0.2, 0.25) is 0 Å². The van der Waals surface area contributed by atoms with E-state index in [1.54, 1.807) is 37.9 Å². The number of hydrogen-bond acceptors (Lipinski definition) is 3. The lowest BCUT2D eigenvalue weighted by molar-refractivity contribution is 0.0680. The second-order valence-electron chi connectivity index (χ2n) is 5.27. The topological polar surface area (TPSA) is 77.8 Å². The normalized spacial score (nSPS) is 10.5. The van der Waals surface area contributed by atoms with E-state index in [1.165, 1.54) is 0 Å². The van der Waals surface area contributed by atoms with Gasteiger partial charge >= 0.3 is 5.97 Å². The minimum Gasteiger partial charge on any atom is -0.478 e. The zero-order valence-corrected chi connectivity index (χ0v) is 12.8. The number of carboxylic acids is 1. The van der Waals surface area contributed by atoms with Crippen LogP contribution in [0.25, 0.3) is 0 Å². The number of amides is 1. The molecule has 0 saturated carbocycles. The molecule has 116 valence electrons. The van der Waals surface area contributed by atoms with E-state index in [0.717, 1.165) is 12.8 Å². The smallest absolute Gasteiger partial charge is 0.336 e. The Kier molecular flexibility index (Phi) is 6.37. The molecule has 0 saturated heterocycles. The molecule has 0 aliphatic heterocycles. The van der Waals surface area contributed by atoms with Gasteiger partial charge in [0.1, 0.15) is 0 Å². The molecule has 0 atom stereocenters. The standard InChI is InChI=1S/C16H23NO4/c1-11-7-8-12(2)14(16(20)21)13(11)15(19)17(3)9-5-4-6-10-18/h7-8,18H,4-6,9-10H2,1-3H3,(H,20,21). The first-order valence-electron chi connectivity index (χ1n) is 7.10. The summed E-state index contributed by atoms with van der Waals surface area (Å²) >= 11 is 0. The van der Waals surface area contributed by atoms with Crippen LogP contribution in [0.4, 0.5) is 0 Å². The van der Waals surface area contributed by atoms with E-state index in [2.05, 4.69) is 0 Å². The van der Waals surface area contributed by atoms with E-state index in [-0.39, 0.29) is 23.6 Å². The summed E-state index contributed by atoms with van der Waals surface area (Å²) in [4.78, 5) is 25.5. The van der Waals surface area contributed by atoms with E-state index >= 15 is 0 Å². The van der Waals surface area contributed by atoms with Crippen molar-refractivity contribution in [3.8, 4) is 0 Å². The highest BCUT2D eigenvalue weighted by molar-refractivity contribution is 6.06. The predicted molar refractivity (Wildman–Crippen MR) is 80.8 cm³/mol. The lowest BCUT2D eigenvalue weighted by Crippen LogP contribution is -2.30. The quantitative estimate of drug-likeness (QED) is 0.756. The zero-order chi connectivity index (χ0) is 16.0. The maximum Gasteiger partial charge on any atom is 0.336 e. The maximum absolute atomic E-state index is 12.5. The number of aromatic carboxylic acids is 1. The summed E-state index contributed by atoms with van der Waals surface area (Å²) in [6, 6.07) is 3.49. The fourth-order valence-electron chi connectivity index (χ4n) is 2.29. The van der Waals surface area contributed by atoms with E-state index in [4.69, 9.17) is 5.11 Å². The molecule has 1 aromatic carbocycles. The first-order valence-corrected chi connectivity index (χ1v) is 7.10. The number of rotatable bonds is 7. The van der Waals surface area contributed by atoms with Gasteiger partial charge in [0.05, 0.1) is 11.1 Å². The predicted octanol–water partition coefficient (Wildman–Crippen LogP) is 2.24. The molecule has 1 aromatic rings. The van der Waals surface area contributed by atoms with Gasteiger partial charge in [0.15, 0.2) is 0 Å². The number of aryl methyl sites for hydroxylation is 2. The van der Waals surface area contributed by atoms with Gasteiger partial charge in [-0.3, -0.25) is 4.79 Å². The number of carbonyl (C=O) groups excluding carboxylic acids is 1. The largest absolute Gasteiger partial charge is 0.478 e. The van der Waals surface area contributed by atoms with Gasteiger partial charge in [0, 0.05) is 20.2 Å². The van der Waals surface area contributed by atoms with Crippen LogP contribution in [0.1, 0.15) is 51.1 Å². The van der Waals surface area contributed by atoms with Gasteiger partial charge in [-0.1, -0.05) is 12.1 Å². The Morgan fingerprint density at radius 2 is 1.62 bits per heavy atom. The first-order chi connectivity index (χ1) is 9.90. The third-order valence-corrected chi connectivity index (χ3v) is 3.55. The molecule has 2 N–H and O–H groups in total. The Morgan fingerprint density at radius 3 is 2.14 bits per heavy atom. The van der Waals surface area contributed by atoms with Crippen LogP contribution in [0.5, 0.6) is 0 Å². The number of aliphatic hydroxyl groups excluding tert-OH is 1. The second-order valence-corrected chi connectivity index (χ2v) is 5.27. The molecule has 1 rings (SSSR count). The van der Waals surface area contributed by atoms with Crippen LogP contribution in [-0.2, 0) is 0 Å². The van der Waals surface area contributed by atoms with E-state index in [9.17, 15) is 14.7 Å². The molecule has 0 aromatic heterocycles. The molecular weight excluding hydrogens is 270 g/mol. The van der Waals surface area contributed by atoms with Crippen molar-refractivity contribution in [2.24, 2.45) is 0 Å². The van der Waals surface area contributed by atoms with Crippen LogP contribution in [-0.4, -0.2) is 47.2 Å². The third kappa shape index (κ3) is 4.29. The number of unbranched alkanes of at least 4 members (excludes halogenated alkanes) is 2. The highest BCUT2D eigenvalue weighted by Crippen LogP contribution is 2.20. The Balaban J connectivity index is 2.96. The number of carboxylic acid groups (broad SMARTS) is 1. The van der Waals surface area contributed by atoms with Crippen LogP contribution >= 0.6 is 0 Å². The first kappa shape index (κ1) is 17.2. The molecule has 0 bridgehead atoms. The number of hydrogen-bond donors (Lipinski definition) is 2. The van der Waals surface area contributed by atoms with Gasteiger partial charge < -0.3 is 15.1 Å². The number of carbonyl (C=O) groups is 2. The summed E-state index contributed by atoms with van der Waals surface area (Å²) in [5.41, 5.74) is 1.62. The monoisotopic (exact) mass is 293 g/mol. The van der Waals surface area contributed by atoms with Gasteiger partial charge in [-0.2, -0.15) is 0 Å². The van der Waals surface area contributed by atoms with Crippen molar-refractivity contribution >= 4 is 11.9 Å². The fourth-order valence-corrected chi connectivity index (χ4v) is 2.29. The van der Waals surface area contributed by atoms with Crippen molar-refractivity contribution in [3.05, 3.63) is 34.4 Å². The number of benzene rings is 1. The molecule has 0 radical (unpaired) electrons. The van der Waals surface area contributed by atoms with Crippen molar-refractivity contribution in [3.63, 3.8) is 0 Å². The van der Waals surface area contributed by atoms with Gasteiger partial charge in [-0.05, 0) is 44.2 Å². The molecule has 0 aliphatic rings. The molecule has 0 spiro atoms. The average molecular weight is 293 g/mol. The summed E-state index contributed by atoms with van der Waals surface area (Å²) in [7, 11) is 1.68. The SMILES string of the molecule is Cc1ccc(C)c(C(=O)N(C)CCCCCO)c1C(=O)O. The Labute approximate surface area is 125 Å². The summed E-state index contributed by atoms with van der Waals surface area (Å²) in [5.74, 6) is -1.34. The van der Waals surface area contributed by atoms with Crippen molar-refractivity contribution in [1.29, 1.82) is 0 Å². The van der Waals surface area contributed by atoms with E-state index in [1.807, 2.05) is 0 Å². The molecule has 0 aliphatic carbocycles.